The average molecular weight is 461 g/mol. The Labute approximate surface area is 200 Å². The van der Waals surface area contributed by atoms with Crippen molar-refractivity contribution in [2.24, 2.45) is 0 Å². The molecule has 5 heterocycles. The third-order valence-corrected chi connectivity index (χ3v) is 6.77. The fraction of sp³-hybridized carbons (Fsp3) is 0.462. The largest absolute Gasteiger partial charge is 0.481 e. The van der Waals surface area contributed by atoms with E-state index in [-0.39, 0.29) is 12.5 Å². The second kappa shape index (κ2) is 10.2. The minimum atomic E-state index is -0.847. The number of hydrogen-bond donors (Lipinski definition) is 2. The molecule has 5 rings (SSSR count). The van der Waals surface area contributed by atoms with Gasteiger partial charge in [-0.25, -0.2) is 4.98 Å². The Balaban J connectivity index is 1.25. The van der Waals surface area contributed by atoms with E-state index < -0.39 is 5.97 Å². The van der Waals surface area contributed by atoms with Crippen LogP contribution >= 0.6 is 0 Å². The van der Waals surface area contributed by atoms with Crippen LogP contribution in [0.3, 0.4) is 0 Å². The average Bonchev–Trinajstić information content (AvgIpc) is 3.55. The number of carboxylic acid groups (broad SMARTS) is 1. The van der Waals surface area contributed by atoms with Gasteiger partial charge in [0.25, 0.3) is 0 Å². The lowest BCUT2D eigenvalue weighted by atomic mass is 10.1. The first-order valence-corrected chi connectivity index (χ1v) is 12.3. The number of nitrogens with zero attached hydrogens (tertiary/aromatic N) is 5. The highest BCUT2D eigenvalue weighted by Crippen LogP contribution is 2.27. The quantitative estimate of drug-likeness (QED) is 0.500. The maximum atomic E-state index is 11.7. The Morgan fingerprint density at radius 3 is 2.79 bits per heavy atom. The van der Waals surface area contributed by atoms with Gasteiger partial charge in [0.15, 0.2) is 0 Å². The Morgan fingerprint density at radius 1 is 1.09 bits per heavy atom. The molecule has 2 aliphatic rings. The van der Waals surface area contributed by atoms with Crippen LogP contribution in [0.2, 0.25) is 0 Å². The number of rotatable bonds is 9. The summed E-state index contributed by atoms with van der Waals surface area (Å²) < 4.78 is 1.79. The highest BCUT2D eigenvalue weighted by atomic mass is 16.4. The lowest BCUT2D eigenvalue weighted by Crippen LogP contribution is -2.20. The van der Waals surface area contributed by atoms with Gasteiger partial charge in [-0.3, -0.25) is 14.5 Å². The number of anilines is 2. The maximum absolute atomic E-state index is 11.7. The summed E-state index contributed by atoms with van der Waals surface area (Å²) in [5.74, 6) is 0.190. The minimum absolute atomic E-state index is 0.0295. The summed E-state index contributed by atoms with van der Waals surface area (Å²) in [5, 5.41) is 17.7. The topological polar surface area (TPSA) is 96.2 Å². The van der Waals surface area contributed by atoms with Crippen molar-refractivity contribution >= 4 is 17.5 Å². The van der Waals surface area contributed by atoms with Gasteiger partial charge in [0.05, 0.1) is 30.0 Å². The number of carboxylic acids is 1. The van der Waals surface area contributed by atoms with E-state index in [2.05, 4.69) is 33.4 Å². The molecular weight excluding hydrogens is 428 g/mol. The van der Waals surface area contributed by atoms with Crippen molar-refractivity contribution in [1.82, 2.24) is 19.7 Å². The van der Waals surface area contributed by atoms with E-state index in [1.165, 1.54) is 18.4 Å². The van der Waals surface area contributed by atoms with Crippen LogP contribution < -0.4 is 10.2 Å². The highest BCUT2D eigenvalue weighted by molar-refractivity contribution is 5.68. The molecule has 8 heteroatoms. The number of aromatic nitrogens is 4. The molecule has 8 nitrogen and oxygen atoms in total. The molecule has 0 spiro atoms. The van der Waals surface area contributed by atoms with E-state index in [4.69, 9.17) is 10.1 Å². The molecule has 0 radical (unpaired) electrons. The van der Waals surface area contributed by atoms with Gasteiger partial charge in [0.2, 0.25) is 0 Å². The molecule has 0 aliphatic carbocycles. The Kier molecular flexibility index (Phi) is 6.74. The van der Waals surface area contributed by atoms with E-state index in [1.54, 1.807) is 10.9 Å². The van der Waals surface area contributed by atoms with Gasteiger partial charge in [-0.15, -0.1) is 0 Å². The predicted molar refractivity (Wildman–Crippen MR) is 131 cm³/mol. The SMILES string of the molecule is O=C(O)CC(c1cncc(N2CCCC2)c1)n1ccc(CCCc2ccc3c(n2)NCCC3)n1. The highest BCUT2D eigenvalue weighted by Gasteiger charge is 2.21. The first-order valence-electron chi connectivity index (χ1n) is 12.3. The molecule has 3 aromatic rings. The van der Waals surface area contributed by atoms with Crippen molar-refractivity contribution in [2.75, 3.05) is 29.9 Å². The fourth-order valence-corrected chi connectivity index (χ4v) is 4.95. The number of fused-ring (bicyclic) bond motifs is 1. The molecule has 0 aromatic carbocycles. The lowest BCUT2D eigenvalue weighted by Gasteiger charge is -2.21. The summed E-state index contributed by atoms with van der Waals surface area (Å²) in [6.07, 6.45) is 12.8. The lowest BCUT2D eigenvalue weighted by molar-refractivity contribution is -0.137. The molecule has 0 bridgehead atoms. The summed E-state index contributed by atoms with van der Waals surface area (Å²) in [6, 6.07) is 8.01. The van der Waals surface area contributed by atoms with E-state index in [1.807, 2.05) is 18.5 Å². The smallest absolute Gasteiger partial charge is 0.305 e. The van der Waals surface area contributed by atoms with Crippen LogP contribution in [0.15, 0.2) is 42.9 Å². The third-order valence-electron chi connectivity index (χ3n) is 6.77. The van der Waals surface area contributed by atoms with Crippen LogP contribution in [0, 0.1) is 0 Å². The monoisotopic (exact) mass is 460 g/mol. The van der Waals surface area contributed by atoms with Crippen molar-refractivity contribution in [3.63, 3.8) is 0 Å². The van der Waals surface area contributed by atoms with Crippen LogP contribution in [0.4, 0.5) is 11.5 Å². The predicted octanol–water partition coefficient (Wildman–Crippen LogP) is 3.87. The van der Waals surface area contributed by atoms with Gasteiger partial charge in [-0.1, -0.05) is 6.07 Å². The summed E-state index contributed by atoms with van der Waals surface area (Å²) in [5.41, 5.74) is 5.31. The molecular formula is C26H32N6O2. The normalized spacial score (nSPS) is 16.2. The third kappa shape index (κ3) is 5.21. The van der Waals surface area contributed by atoms with Crippen molar-refractivity contribution in [1.29, 1.82) is 0 Å². The van der Waals surface area contributed by atoms with Crippen molar-refractivity contribution in [2.45, 2.75) is 57.4 Å². The molecule has 1 atom stereocenters. The number of carbonyl (C=O) groups is 1. The van der Waals surface area contributed by atoms with Gasteiger partial charge in [-0.05, 0) is 74.3 Å². The van der Waals surface area contributed by atoms with Crippen LogP contribution in [-0.4, -0.2) is 50.5 Å². The summed E-state index contributed by atoms with van der Waals surface area (Å²) in [4.78, 5) is 23.2. The number of aryl methyl sites for hydroxylation is 3. The van der Waals surface area contributed by atoms with E-state index >= 15 is 0 Å². The van der Waals surface area contributed by atoms with E-state index in [9.17, 15) is 9.90 Å². The number of nitrogens with one attached hydrogen (secondary N) is 1. The van der Waals surface area contributed by atoms with Crippen molar-refractivity contribution < 1.29 is 9.90 Å². The van der Waals surface area contributed by atoms with Gasteiger partial charge >= 0.3 is 5.97 Å². The van der Waals surface area contributed by atoms with Gasteiger partial charge in [0, 0.05) is 37.7 Å². The van der Waals surface area contributed by atoms with Crippen LogP contribution in [0.5, 0.6) is 0 Å². The molecule has 1 fully saturated rings. The molecule has 1 unspecified atom stereocenters. The van der Waals surface area contributed by atoms with Crippen molar-refractivity contribution in [3.8, 4) is 0 Å². The number of aliphatic carboxylic acids is 1. The maximum Gasteiger partial charge on any atom is 0.305 e. The molecule has 0 saturated carbocycles. The standard InChI is InChI=1S/C26H32N6O2/c33-25(34)16-24(20-15-23(18-27-17-20)31-12-1-2-13-31)32-14-10-22(30-32)7-3-6-21-9-8-19-5-4-11-28-26(19)29-21/h8-10,14-15,17-18,24H,1-7,11-13,16H2,(H,28,29)(H,33,34). The van der Waals surface area contributed by atoms with Gasteiger partial charge in [0.1, 0.15) is 5.82 Å². The van der Waals surface area contributed by atoms with E-state index in [0.29, 0.717) is 0 Å². The zero-order valence-electron chi connectivity index (χ0n) is 19.5. The molecule has 1 saturated heterocycles. The molecule has 2 aliphatic heterocycles. The molecule has 0 amide bonds. The summed E-state index contributed by atoms with van der Waals surface area (Å²) >= 11 is 0. The molecule has 2 N–H and O–H groups in total. The van der Waals surface area contributed by atoms with Gasteiger partial charge in [-0.2, -0.15) is 5.10 Å². The number of pyridine rings is 2. The Morgan fingerprint density at radius 2 is 1.94 bits per heavy atom. The first kappa shape index (κ1) is 22.4. The van der Waals surface area contributed by atoms with Crippen molar-refractivity contribution in [3.05, 3.63) is 65.4 Å². The minimum Gasteiger partial charge on any atom is -0.481 e. The summed E-state index contributed by atoms with van der Waals surface area (Å²) in [7, 11) is 0. The second-order valence-corrected chi connectivity index (χ2v) is 9.27. The Bertz CT molecular complexity index is 1140. The van der Waals surface area contributed by atoms with Gasteiger partial charge < -0.3 is 15.3 Å². The first-order chi connectivity index (χ1) is 16.7. The Hall–Kier alpha value is -3.42. The summed E-state index contributed by atoms with van der Waals surface area (Å²) in [6.45, 7) is 3.04. The molecule has 3 aromatic heterocycles. The van der Waals surface area contributed by atoms with E-state index in [0.717, 1.165) is 80.2 Å². The van der Waals surface area contributed by atoms with Crippen LogP contribution in [-0.2, 0) is 24.1 Å². The zero-order chi connectivity index (χ0) is 23.3. The second-order valence-electron chi connectivity index (χ2n) is 9.27. The van der Waals surface area contributed by atoms with Crippen LogP contribution in [0.25, 0.3) is 0 Å². The molecule has 178 valence electrons. The fourth-order valence-electron chi connectivity index (χ4n) is 4.95. The molecule has 34 heavy (non-hydrogen) atoms. The van der Waals surface area contributed by atoms with Crippen LogP contribution in [0.1, 0.15) is 60.7 Å². The zero-order valence-corrected chi connectivity index (χ0v) is 19.5. The number of hydrogen-bond acceptors (Lipinski definition) is 6.